The van der Waals surface area contributed by atoms with Crippen molar-refractivity contribution in [3.63, 3.8) is 0 Å². The van der Waals surface area contributed by atoms with E-state index in [2.05, 4.69) is 5.32 Å². The van der Waals surface area contributed by atoms with Crippen molar-refractivity contribution in [3.05, 3.63) is 64.7 Å². The Morgan fingerprint density at radius 1 is 1.13 bits per heavy atom. The number of alkyl halides is 1. The number of amides is 1. The van der Waals surface area contributed by atoms with Gasteiger partial charge in [0.25, 0.3) is 5.91 Å². The van der Waals surface area contributed by atoms with Gasteiger partial charge < -0.3 is 10.4 Å². The standard InChI is InChI=1S/C20H17F3N2O4S/c21-16-5-4-12(7-17(16)22)24-20(27)15-8-13(6-11-2-1-3-14(11)15)30(28,29)25-9-18(23)19(26)10-25/h1,3-8,18-19,26H,2,9-10H2,(H,24,27). The Labute approximate surface area is 170 Å². The van der Waals surface area contributed by atoms with Gasteiger partial charge in [0.1, 0.15) is 12.3 Å². The topological polar surface area (TPSA) is 86.7 Å². The quantitative estimate of drug-likeness (QED) is 0.768. The van der Waals surface area contributed by atoms with Crippen molar-refractivity contribution in [1.82, 2.24) is 4.31 Å². The summed E-state index contributed by atoms with van der Waals surface area (Å²) in [6.45, 7) is -0.857. The maximum absolute atomic E-state index is 13.7. The van der Waals surface area contributed by atoms with Crippen LogP contribution < -0.4 is 5.32 Å². The van der Waals surface area contributed by atoms with Crippen molar-refractivity contribution in [2.24, 2.45) is 0 Å². The Bertz CT molecular complexity index is 1160. The number of allylic oxidation sites excluding steroid dienone is 1. The molecule has 1 heterocycles. The number of fused-ring (bicyclic) bond motifs is 1. The van der Waals surface area contributed by atoms with E-state index in [0.29, 0.717) is 17.5 Å². The number of aliphatic hydroxyl groups excluding tert-OH is 1. The van der Waals surface area contributed by atoms with Crippen molar-refractivity contribution in [3.8, 4) is 0 Å². The average molecular weight is 438 g/mol. The molecule has 0 radical (unpaired) electrons. The molecule has 2 aromatic rings. The monoisotopic (exact) mass is 438 g/mol. The molecule has 0 spiro atoms. The summed E-state index contributed by atoms with van der Waals surface area (Å²) in [6.07, 6.45) is 0.729. The van der Waals surface area contributed by atoms with Crippen molar-refractivity contribution in [2.45, 2.75) is 23.6 Å². The highest BCUT2D eigenvalue weighted by molar-refractivity contribution is 7.89. The molecule has 0 aromatic heterocycles. The summed E-state index contributed by atoms with van der Waals surface area (Å²) < 4.78 is 66.9. The van der Waals surface area contributed by atoms with Crippen LogP contribution >= 0.6 is 0 Å². The summed E-state index contributed by atoms with van der Waals surface area (Å²) in [7, 11) is -4.15. The first-order valence-corrected chi connectivity index (χ1v) is 10.5. The smallest absolute Gasteiger partial charge is 0.256 e. The number of halogens is 3. The summed E-state index contributed by atoms with van der Waals surface area (Å²) in [6, 6.07) is 5.44. The van der Waals surface area contributed by atoms with Crippen LogP contribution in [0, 0.1) is 11.6 Å². The van der Waals surface area contributed by atoms with E-state index in [4.69, 9.17) is 0 Å². The third-order valence-corrected chi connectivity index (χ3v) is 6.92. The number of nitrogens with one attached hydrogen (secondary N) is 1. The van der Waals surface area contributed by atoms with Crippen LogP contribution in [0.1, 0.15) is 21.5 Å². The van der Waals surface area contributed by atoms with Gasteiger partial charge in [0.05, 0.1) is 4.90 Å². The maximum atomic E-state index is 13.7. The number of aliphatic hydroxyl groups is 1. The number of anilines is 1. The molecule has 2 unspecified atom stereocenters. The molecule has 1 aliphatic heterocycles. The van der Waals surface area contributed by atoms with Gasteiger partial charge in [0.2, 0.25) is 10.0 Å². The number of β-amino-alcohol motifs (C(OH)–C–C–N with tert-alkyl or cyclic N) is 1. The lowest BCUT2D eigenvalue weighted by atomic mass is 10.0. The zero-order chi connectivity index (χ0) is 21.6. The van der Waals surface area contributed by atoms with E-state index in [0.717, 1.165) is 22.5 Å². The van der Waals surface area contributed by atoms with Crippen LogP contribution in [0.4, 0.5) is 18.9 Å². The second kappa shape index (κ2) is 7.53. The first-order valence-electron chi connectivity index (χ1n) is 9.09. The number of rotatable bonds is 4. The summed E-state index contributed by atoms with van der Waals surface area (Å²) in [5, 5.41) is 12.0. The van der Waals surface area contributed by atoms with E-state index >= 15 is 0 Å². The Kier molecular flexibility index (Phi) is 5.16. The van der Waals surface area contributed by atoms with Crippen LogP contribution in [0.5, 0.6) is 0 Å². The van der Waals surface area contributed by atoms with Crippen molar-refractivity contribution >= 4 is 27.7 Å². The van der Waals surface area contributed by atoms with E-state index < -0.39 is 46.4 Å². The SMILES string of the molecule is O=C(Nc1ccc(F)c(F)c1)c1cc(S(=O)(=O)N2CC(O)C(F)C2)cc2c1C=CC2. The van der Waals surface area contributed by atoms with E-state index in [1.54, 1.807) is 12.2 Å². The first kappa shape index (κ1) is 20.6. The lowest BCUT2D eigenvalue weighted by Gasteiger charge is -2.18. The highest BCUT2D eigenvalue weighted by atomic mass is 32.2. The molecule has 1 amide bonds. The molecule has 6 nitrogen and oxygen atoms in total. The minimum absolute atomic E-state index is 0.00539. The van der Waals surface area contributed by atoms with Gasteiger partial charge in [-0.25, -0.2) is 21.6 Å². The Morgan fingerprint density at radius 3 is 2.57 bits per heavy atom. The summed E-state index contributed by atoms with van der Waals surface area (Å²) in [5.41, 5.74) is 1.13. The third-order valence-electron chi connectivity index (χ3n) is 5.11. The minimum Gasteiger partial charge on any atom is -0.389 e. The predicted octanol–water partition coefficient (Wildman–Crippen LogP) is 2.49. The molecule has 1 saturated heterocycles. The van der Waals surface area contributed by atoms with E-state index in [-0.39, 0.29) is 22.7 Å². The van der Waals surface area contributed by atoms with E-state index in [1.165, 1.54) is 12.1 Å². The molecule has 1 aliphatic carbocycles. The Morgan fingerprint density at radius 2 is 1.90 bits per heavy atom. The second-order valence-electron chi connectivity index (χ2n) is 7.14. The molecule has 10 heteroatoms. The molecular weight excluding hydrogens is 421 g/mol. The Hall–Kier alpha value is -2.69. The fourth-order valence-electron chi connectivity index (χ4n) is 3.52. The number of hydrogen-bond donors (Lipinski definition) is 2. The van der Waals surface area contributed by atoms with Gasteiger partial charge in [-0.2, -0.15) is 4.31 Å². The number of sulfonamides is 1. The third kappa shape index (κ3) is 3.62. The minimum atomic E-state index is -4.15. The number of nitrogens with zero attached hydrogens (tertiary/aromatic N) is 1. The fourth-order valence-corrected chi connectivity index (χ4v) is 5.07. The number of carbonyl (C=O) groups excluding carboxylic acids is 1. The van der Waals surface area contributed by atoms with Crippen LogP contribution in [0.25, 0.3) is 6.08 Å². The Balaban J connectivity index is 1.70. The fraction of sp³-hybridized carbons (Fsp3) is 0.250. The highest BCUT2D eigenvalue weighted by Gasteiger charge is 2.39. The summed E-state index contributed by atoms with van der Waals surface area (Å²) in [5.74, 6) is -2.91. The van der Waals surface area contributed by atoms with Crippen LogP contribution in [-0.4, -0.2) is 49.1 Å². The van der Waals surface area contributed by atoms with Crippen LogP contribution in [0.15, 0.2) is 41.3 Å². The molecule has 2 N–H and O–H groups in total. The highest BCUT2D eigenvalue weighted by Crippen LogP contribution is 2.31. The van der Waals surface area contributed by atoms with Gasteiger partial charge >= 0.3 is 0 Å². The normalized spacial score (nSPS) is 21.1. The molecule has 0 saturated carbocycles. The summed E-state index contributed by atoms with van der Waals surface area (Å²) in [4.78, 5) is 12.6. The lowest BCUT2D eigenvalue weighted by Crippen LogP contribution is -2.30. The number of benzene rings is 2. The van der Waals surface area contributed by atoms with E-state index in [9.17, 15) is 31.5 Å². The van der Waals surface area contributed by atoms with Crippen molar-refractivity contribution in [2.75, 3.05) is 18.4 Å². The molecule has 1 fully saturated rings. The molecule has 0 bridgehead atoms. The van der Waals surface area contributed by atoms with Crippen molar-refractivity contribution < 1.29 is 31.5 Å². The van der Waals surface area contributed by atoms with Gasteiger partial charge in [-0.3, -0.25) is 4.79 Å². The van der Waals surface area contributed by atoms with E-state index in [1.807, 2.05) is 0 Å². The largest absolute Gasteiger partial charge is 0.389 e. The summed E-state index contributed by atoms with van der Waals surface area (Å²) >= 11 is 0. The van der Waals surface area contributed by atoms with Gasteiger partial charge in [-0.15, -0.1) is 0 Å². The first-order chi connectivity index (χ1) is 14.2. The van der Waals surface area contributed by atoms with Crippen LogP contribution in [0.2, 0.25) is 0 Å². The average Bonchev–Trinajstić information content (AvgIpc) is 3.30. The zero-order valence-corrected chi connectivity index (χ0v) is 16.3. The van der Waals surface area contributed by atoms with Gasteiger partial charge in [0, 0.05) is 30.4 Å². The van der Waals surface area contributed by atoms with Crippen molar-refractivity contribution in [1.29, 1.82) is 0 Å². The molecule has 2 aliphatic rings. The van der Waals surface area contributed by atoms with Gasteiger partial charge in [-0.1, -0.05) is 12.2 Å². The number of carbonyl (C=O) groups is 1. The van der Waals surface area contributed by atoms with Gasteiger partial charge in [-0.05, 0) is 41.8 Å². The van der Waals surface area contributed by atoms with Gasteiger partial charge in [0.15, 0.2) is 11.6 Å². The van der Waals surface area contributed by atoms with Crippen LogP contribution in [0.3, 0.4) is 0 Å². The molecule has 2 aromatic carbocycles. The lowest BCUT2D eigenvalue weighted by molar-refractivity contribution is 0.102. The second-order valence-corrected chi connectivity index (χ2v) is 9.08. The maximum Gasteiger partial charge on any atom is 0.256 e. The molecule has 2 atom stereocenters. The molecule has 158 valence electrons. The molecular formula is C20H17F3N2O4S. The zero-order valence-electron chi connectivity index (χ0n) is 15.5. The molecule has 30 heavy (non-hydrogen) atoms. The predicted molar refractivity (Wildman–Crippen MR) is 103 cm³/mol. The number of hydrogen-bond acceptors (Lipinski definition) is 4. The van der Waals surface area contributed by atoms with Crippen LogP contribution in [-0.2, 0) is 16.4 Å². The molecule has 4 rings (SSSR count).